The molecular weight excluding hydrogens is 274 g/mol. The number of hydrogen-bond acceptors (Lipinski definition) is 5. The maximum Gasteiger partial charge on any atom is 0.342 e. The highest BCUT2D eigenvalue weighted by Gasteiger charge is 2.31. The molecule has 2 fully saturated rings. The van der Waals surface area contributed by atoms with Crippen LogP contribution in [0.4, 0.5) is 11.5 Å². The number of nitro groups is 1. The maximum atomic E-state index is 11.2. The standard InChI is InChI=1S/C14H17N3O4/c18-14(19)11-5-13(15-6-12(11)17(20)21)16(7-9-1-2-9)8-10-3-4-10/h5-6,9-10H,1-4,7-8H2,(H,18,19). The van der Waals surface area contributed by atoms with Crippen molar-refractivity contribution in [1.29, 1.82) is 0 Å². The van der Waals surface area contributed by atoms with E-state index in [1.807, 2.05) is 0 Å². The molecule has 1 aromatic heterocycles. The van der Waals surface area contributed by atoms with Crippen molar-refractivity contribution in [2.75, 3.05) is 18.0 Å². The van der Waals surface area contributed by atoms with Gasteiger partial charge in [-0.25, -0.2) is 9.78 Å². The maximum absolute atomic E-state index is 11.2. The van der Waals surface area contributed by atoms with Crippen LogP contribution < -0.4 is 4.90 Å². The van der Waals surface area contributed by atoms with Crippen LogP contribution in [0, 0.1) is 22.0 Å². The Kier molecular flexibility index (Phi) is 3.48. The summed E-state index contributed by atoms with van der Waals surface area (Å²) in [5.41, 5.74) is -0.745. The second-order valence-electron chi connectivity index (χ2n) is 5.91. The van der Waals surface area contributed by atoms with E-state index >= 15 is 0 Å². The molecule has 0 amide bonds. The Morgan fingerprint density at radius 2 is 1.90 bits per heavy atom. The topological polar surface area (TPSA) is 96.6 Å². The normalized spacial score (nSPS) is 17.5. The van der Waals surface area contributed by atoms with Crippen LogP contribution in [-0.4, -0.2) is 34.1 Å². The minimum absolute atomic E-state index is 0.290. The van der Waals surface area contributed by atoms with Crippen LogP contribution in [0.15, 0.2) is 12.3 Å². The van der Waals surface area contributed by atoms with Crippen molar-refractivity contribution in [3.63, 3.8) is 0 Å². The van der Waals surface area contributed by atoms with Crippen LogP contribution >= 0.6 is 0 Å². The first kappa shape index (κ1) is 13.8. The Hall–Kier alpha value is -2.18. The van der Waals surface area contributed by atoms with Crippen molar-refractivity contribution in [3.05, 3.63) is 27.9 Å². The van der Waals surface area contributed by atoms with E-state index in [9.17, 15) is 14.9 Å². The van der Waals surface area contributed by atoms with Crippen molar-refractivity contribution >= 4 is 17.5 Å². The third-order valence-electron chi connectivity index (χ3n) is 3.97. The summed E-state index contributed by atoms with van der Waals surface area (Å²) in [6.45, 7) is 1.72. The number of carbonyl (C=O) groups is 1. The average Bonchev–Trinajstić information content (AvgIpc) is 3.32. The van der Waals surface area contributed by atoms with Crippen LogP contribution in [-0.2, 0) is 0 Å². The summed E-state index contributed by atoms with van der Waals surface area (Å²) in [6.07, 6.45) is 5.84. The molecule has 7 heteroatoms. The molecule has 0 saturated heterocycles. The van der Waals surface area contributed by atoms with Crippen LogP contribution in [0.5, 0.6) is 0 Å². The molecule has 1 heterocycles. The van der Waals surface area contributed by atoms with E-state index < -0.39 is 16.6 Å². The zero-order valence-corrected chi connectivity index (χ0v) is 11.6. The summed E-state index contributed by atoms with van der Waals surface area (Å²) in [4.78, 5) is 27.6. The van der Waals surface area contributed by atoms with Crippen molar-refractivity contribution in [2.24, 2.45) is 11.8 Å². The first-order valence-electron chi connectivity index (χ1n) is 7.17. The van der Waals surface area contributed by atoms with E-state index in [0.29, 0.717) is 17.7 Å². The summed E-state index contributed by atoms with van der Waals surface area (Å²) in [5, 5.41) is 20.0. The van der Waals surface area contributed by atoms with Crippen LogP contribution in [0.3, 0.4) is 0 Å². The molecule has 2 saturated carbocycles. The fourth-order valence-corrected chi connectivity index (χ4v) is 2.41. The molecule has 112 valence electrons. The number of carboxylic acid groups (broad SMARTS) is 1. The molecule has 0 bridgehead atoms. The molecule has 7 nitrogen and oxygen atoms in total. The van der Waals surface area contributed by atoms with Gasteiger partial charge in [0.25, 0.3) is 0 Å². The molecule has 0 aromatic carbocycles. The molecule has 0 unspecified atom stereocenters. The molecule has 0 aliphatic heterocycles. The predicted molar refractivity (Wildman–Crippen MR) is 75.5 cm³/mol. The van der Waals surface area contributed by atoms with Gasteiger partial charge in [0.2, 0.25) is 0 Å². The highest BCUT2D eigenvalue weighted by Crippen LogP contribution is 2.35. The first-order chi connectivity index (χ1) is 10.0. The van der Waals surface area contributed by atoms with Gasteiger partial charge < -0.3 is 10.0 Å². The van der Waals surface area contributed by atoms with E-state index in [0.717, 1.165) is 19.3 Å². The summed E-state index contributed by atoms with van der Waals surface area (Å²) in [6, 6.07) is 1.34. The van der Waals surface area contributed by atoms with Gasteiger partial charge >= 0.3 is 11.7 Å². The van der Waals surface area contributed by atoms with Crippen LogP contribution in [0.25, 0.3) is 0 Å². The molecule has 1 aromatic rings. The Bertz CT molecular complexity index is 568. The van der Waals surface area contributed by atoms with Gasteiger partial charge in [0.05, 0.1) is 4.92 Å². The first-order valence-corrected chi connectivity index (χ1v) is 7.17. The molecule has 1 N–H and O–H groups in total. The Labute approximate surface area is 121 Å². The Morgan fingerprint density at radius 3 is 2.33 bits per heavy atom. The van der Waals surface area contributed by atoms with Gasteiger partial charge in [0, 0.05) is 19.2 Å². The highest BCUT2D eigenvalue weighted by molar-refractivity contribution is 5.93. The lowest BCUT2D eigenvalue weighted by molar-refractivity contribution is -0.385. The fraction of sp³-hybridized carbons (Fsp3) is 0.571. The zero-order valence-electron chi connectivity index (χ0n) is 11.6. The van der Waals surface area contributed by atoms with Gasteiger partial charge in [0.15, 0.2) is 0 Å². The minimum atomic E-state index is -1.29. The second kappa shape index (κ2) is 5.31. The molecule has 21 heavy (non-hydrogen) atoms. The fourth-order valence-electron chi connectivity index (χ4n) is 2.41. The monoisotopic (exact) mass is 291 g/mol. The van der Waals surface area contributed by atoms with E-state index in [4.69, 9.17) is 5.11 Å². The zero-order chi connectivity index (χ0) is 15.0. The van der Waals surface area contributed by atoms with Gasteiger partial charge in [-0.15, -0.1) is 0 Å². The van der Waals surface area contributed by atoms with Gasteiger partial charge in [-0.3, -0.25) is 10.1 Å². The van der Waals surface area contributed by atoms with Gasteiger partial charge in [-0.2, -0.15) is 0 Å². The minimum Gasteiger partial charge on any atom is -0.477 e. The van der Waals surface area contributed by atoms with Crippen molar-refractivity contribution in [3.8, 4) is 0 Å². The largest absolute Gasteiger partial charge is 0.477 e. The van der Waals surface area contributed by atoms with E-state index in [-0.39, 0.29) is 5.56 Å². The third-order valence-corrected chi connectivity index (χ3v) is 3.97. The molecular formula is C14H17N3O4. The number of aromatic nitrogens is 1. The summed E-state index contributed by atoms with van der Waals surface area (Å²) in [7, 11) is 0. The molecule has 0 radical (unpaired) electrons. The number of pyridine rings is 1. The number of anilines is 1. The number of nitrogens with zero attached hydrogens (tertiary/aromatic N) is 3. The molecule has 3 rings (SSSR count). The lowest BCUT2D eigenvalue weighted by atomic mass is 10.2. The van der Waals surface area contributed by atoms with Gasteiger partial charge in [-0.05, 0) is 37.5 Å². The van der Waals surface area contributed by atoms with Crippen molar-refractivity contribution in [2.45, 2.75) is 25.7 Å². The smallest absolute Gasteiger partial charge is 0.342 e. The lowest BCUT2D eigenvalue weighted by Gasteiger charge is -2.23. The average molecular weight is 291 g/mol. The number of carboxylic acids is 1. The SMILES string of the molecule is O=C(O)c1cc(N(CC2CC2)CC2CC2)ncc1[N+](=O)[O-]. The molecule has 0 atom stereocenters. The van der Waals surface area contributed by atoms with Crippen LogP contribution in [0.1, 0.15) is 36.0 Å². The number of aromatic carboxylic acids is 1. The summed E-state index contributed by atoms with van der Waals surface area (Å²) >= 11 is 0. The van der Waals surface area contributed by atoms with Crippen molar-refractivity contribution in [1.82, 2.24) is 4.98 Å². The summed E-state index contributed by atoms with van der Waals surface area (Å²) in [5.74, 6) is 0.544. The second-order valence-corrected chi connectivity index (χ2v) is 5.91. The lowest BCUT2D eigenvalue weighted by Crippen LogP contribution is -2.29. The van der Waals surface area contributed by atoms with Crippen molar-refractivity contribution < 1.29 is 14.8 Å². The molecule has 2 aliphatic carbocycles. The Balaban J connectivity index is 1.88. The third kappa shape index (κ3) is 3.29. The molecule has 2 aliphatic rings. The molecule has 0 spiro atoms. The van der Waals surface area contributed by atoms with Crippen LogP contribution in [0.2, 0.25) is 0 Å². The quantitative estimate of drug-likeness (QED) is 0.611. The van der Waals surface area contributed by atoms with E-state index in [1.54, 1.807) is 0 Å². The predicted octanol–water partition coefficient (Wildman–Crippen LogP) is 2.31. The van der Waals surface area contributed by atoms with E-state index in [2.05, 4.69) is 9.88 Å². The van der Waals surface area contributed by atoms with Gasteiger partial charge in [-0.1, -0.05) is 0 Å². The van der Waals surface area contributed by atoms with Gasteiger partial charge in [0.1, 0.15) is 17.6 Å². The number of rotatable bonds is 7. The summed E-state index contributed by atoms with van der Waals surface area (Å²) < 4.78 is 0. The number of hydrogen-bond donors (Lipinski definition) is 1. The van der Waals surface area contributed by atoms with E-state index in [1.165, 1.54) is 31.7 Å². The highest BCUT2D eigenvalue weighted by atomic mass is 16.6. The Morgan fingerprint density at radius 1 is 1.33 bits per heavy atom.